The van der Waals surface area contributed by atoms with Crippen molar-refractivity contribution in [2.75, 3.05) is 6.61 Å². The van der Waals surface area contributed by atoms with Crippen LogP contribution in [0.25, 0.3) is 0 Å². The first-order valence-electron chi connectivity index (χ1n) is 9.28. The van der Waals surface area contributed by atoms with Crippen molar-refractivity contribution in [2.45, 2.75) is 77.4 Å². The number of hydrogen-bond acceptors (Lipinski definition) is 2. The maximum atomic E-state index is 7.33. The molecular weight excluding hydrogens is 298 g/mol. The third kappa shape index (κ3) is 8.34. The second-order valence-electron chi connectivity index (χ2n) is 7.60. The van der Waals surface area contributed by atoms with E-state index in [0.29, 0.717) is 5.04 Å². The lowest BCUT2D eigenvalue weighted by Gasteiger charge is -2.36. The Morgan fingerprint density at radius 1 is 1.17 bits per heavy atom. The molecule has 0 aliphatic rings. The van der Waals surface area contributed by atoms with Crippen LogP contribution in [0.3, 0.4) is 0 Å². The molecule has 0 aliphatic heterocycles. The van der Waals surface area contributed by atoms with E-state index < -0.39 is 8.32 Å². The molecule has 0 aromatic carbocycles. The zero-order valence-corrected chi connectivity index (χ0v) is 16.5. The van der Waals surface area contributed by atoms with Gasteiger partial charge in [0.1, 0.15) is 0 Å². The molecule has 0 bridgehead atoms. The lowest BCUT2D eigenvalue weighted by atomic mass is 10.1. The maximum absolute atomic E-state index is 7.33. The molecule has 0 spiro atoms. The highest BCUT2D eigenvalue weighted by atomic mass is 28.4. The van der Waals surface area contributed by atoms with Crippen LogP contribution in [-0.4, -0.2) is 19.9 Å². The largest absolute Gasteiger partial charge is 0.417 e. The van der Waals surface area contributed by atoms with E-state index in [1.54, 1.807) is 12.3 Å². The number of rotatable bonds is 8. The number of hydrogen-bond donors (Lipinski definition) is 0. The summed E-state index contributed by atoms with van der Waals surface area (Å²) in [6.07, 6.45) is 8.95. The molecule has 1 heterocycles. The Morgan fingerprint density at radius 2 is 1.87 bits per heavy atom. The summed E-state index contributed by atoms with van der Waals surface area (Å²) in [4.78, 5) is 3.92. The quantitative estimate of drug-likeness (QED) is 0.341. The Kier molecular flexibility index (Phi) is 7.85. The van der Waals surface area contributed by atoms with E-state index >= 15 is 0 Å². The van der Waals surface area contributed by atoms with Gasteiger partial charge >= 0.3 is 0 Å². The molecule has 0 radical (unpaired) electrons. The third-order valence-corrected chi connectivity index (χ3v) is 9.10. The Balaban J connectivity index is 2.04. The Bertz CT molecular complexity index is 537. The van der Waals surface area contributed by atoms with Crippen LogP contribution in [0.4, 0.5) is 0 Å². The van der Waals surface area contributed by atoms with Crippen LogP contribution in [0.5, 0.6) is 0 Å². The van der Waals surface area contributed by atoms with Crippen molar-refractivity contribution in [1.29, 1.82) is 0 Å². The van der Waals surface area contributed by atoms with Crippen molar-refractivity contribution in [2.24, 2.45) is 0 Å². The smallest absolute Gasteiger partial charge is 0.191 e. The van der Waals surface area contributed by atoms with Crippen LogP contribution in [-0.2, 0) is 4.43 Å². The van der Waals surface area contributed by atoms with E-state index in [2.05, 4.69) is 50.7 Å². The van der Waals surface area contributed by atoms with Crippen LogP contribution in [0.2, 0.25) is 18.1 Å². The molecule has 23 heavy (non-hydrogen) atoms. The molecule has 3 heteroatoms. The first kappa shape index (κ1) is 18.2. The highest BCUT2D eigenvalue weighted by Gasteiger charge is 2.36. The minimum Gasteiger partial charge on any atom is -0.417 e. The van der Waals surface area contributed by atoms with Gasteiger partial charge in [0.15, 0.2) is 8.32 Å². The Morgan fingerprint density at radius 3 is 2.52 bits per heavy atom. The van der Waals surface area contributed by atoms with Crippen molar-refractivity contribution in [3.8, 4) is 11.8 Å². The number of nitrogens with zero attached hydrogens (tertiary/aromatic N) is 1. The molecule has 0 saturated carbocycles. The summed E-state index contributed by atoms with van der Waals surface area (Å²) < 4.78 is 13.5. The van der Waals surface area contributed by atoms with Crippen molar-refractivity contribution < 1.29 is 5.80 Å². The molecule has 1 rings (SSSR count). The molecule has 0 atom stereocenters. The lowest BCUT2D eigenvalue weighted by molar-refractivity contribution is 0.277. The van der Waals surface area contributed by atoms with E-state index in [0.717, 1.165) is 25.0 Å². The zero-order valence-electron chi connectivity index (χ0n) is 16.5. The number of aromatic nitrogens is 1. The molecule has 0 saturated heterocycles. The van der Waals surface area contributed by atoms with Gasteiger partial charge in [0, 0.05) is 31.0 Å². The average molecular weight is 333 g/mol. The van der Waals surface area contributed by atoms with Crippen LogP contribution >= 0.6 is 0 Å². The molecule has 0 aliphatic carbocycles. The Labute approximate surface area is 145 Å². The normalized spacial score (nSPS) is 12.5. The summed E-state index contributed by atoms with van der Waals surface area (Å²) in [7, 11) is -1.56. The van der Waals surface area contributed by atoms with Gasteiger partial charge in [-0.15, -0.1) is 0 Å². The van der Waals surface area contributed by atoms with Gasteiger partial charge < -0.3 is 4.43 Å². The van der Waals surface area contributed by atoms with Gasteiger partial charge in [-0.05, 0) is 43.1 Å². The summed E-state index contributed by atoms with van der Waals surface area (Å²) in [5, 5.41) is 0.308. The summed E-state index contributed by atoms with van der Waals surface area (Å²) in [6.45, 7) is 12.4. The minimum absolute atomic E-state index is 0.290. The van der Waals surface area contributed by atoms with Gasteiger partial charge in [0.05, 0.1) is 1.37 Å². The summed E-state index contributed by atoms with van der Waals surface area (Å²) in [5.74, 6) is 6.29. The molecule has 2 nitrogen and oxygen atoms in total. The second kappa shape index (κ2) is 9.90. The number of unbranched alkanes of at least 4 members (excludes halogenated alkanes) is 5. The van der Waals surface area contributed by atoms with E-state index in [1.807, 2.05) is 6.07 Å². The van der Waals surface area contributed by atoms with Gasteiger partial charge in [0.2, 0.25) is 0 Å². The van der Waals surface area contributed by atoms with Gasteiger partial charge in [0.25, 0.3) is 0 Å². The van der Waals surface area contributed by atoms with Crippen molar-refractivity contribution >= 4 is 8.32 Å². The topological polar surface area (TPSA) is 22.1 Å². The molecular formula is C20H33NOSi. The maximum Gasteiger partial charge on any atom is 0.191 e. The van der Waals surface area contributed by atoms with Crippen molar-refractivity contribution in [3.63, 3.8) is 0 Å². The van der Waals surface area contributed by atoms with Crippen LogP contribution in [0.1, 0.15) is 66.2 Å². The third-order valence-electron chi connectivity index (χ3n) is 4.56. The fraction of sp³-hybridized carbons (Fsp3) is 0.650. The molecule has 0 fully saturated rings. The van der Waals surface area contributed by atoms with Gasteiger partial charge in [-0.1, -0.05) is 51.9 Å². The van der Waals surface area contributed by atoms with Gasteiger partial charge in [-0.2, -0.15) is 0 Å². The Hall–Kier alpha value is -1.11. The fourth-order valence-electron chi connectivity index (χ4n) is 1.95. The average Bonchev–Trinajstić information content (AvgIpc) is 2.49. The van der Waals surface area contributed by atoms with Crippen LogP contribution < -0.4 is 0 Å². The summed E-state index contributed by atoms with van der Waals surface area (Å²) >= 11 is 0. The predicted octanol–water partition coefficient (Wildman–Crippen LogP) is 5.80. The first-order valence-corrected chi connectivity index (χ1v) is 11.7. The lowest BCUT2D eigenvalue weighted by Crippen LogP contribution is -2.40. The van der Waals surface area contributed by atoms with Crippen LogP contribution in [0, 0.1) is 11.8 Å². The predicted molar refractivity (Wildman–Crippen MR) is 102 cm³/mol. The number of pyridine rings is 1. The van der Waals surface area contributed by atoms with E-state index in [1.165, 1.54) is 25.7 Å². The van der Waals surface area contributed by atoms with E-state index in [9.17, 15) is 0 Å². The van der Waals surface area contributed by atoms with Crippen molar-refractivity contribution in [1.82, 2.24) is 4.98 Å². The minimum atomic E-state index is -1.56. The standard InChI is InChI=1S/C20H33NOSi/c1-20(2,3)23(4,5)22-17-12-10-8-6-7-9-11-14-19-15-13-16-21-18-19/h13,15-16,18H,6-10,12,17H2,1-5H3/i16D. The molecule has 0 N–H and O–H groups in total. The second-order valence-corrected chi connectivity index (χ2v) is 12.4. The van der Waals surface area contributed by atoms with E-state index in [-0.39, 0.29) is 6.17 Å². The fourth-order valence-corrected chi connectivity index (χ4v) is 3.04. The van der Waals surface area contributed by atoms with Crippen molar-refractivity contribution in [3.05, 3.63) is 30.1 Å². The monoisotopic (exact) mass is 332 g/mol. The highest BCUT2D eigenvalue weighted by Crippen LogP contribution is 2.36. The van der Waals surface area contributed by atoms with Gasteiger partial charge in [-0.3, -0.25) is 4.98 Å². The summed E-state index contributed by atoms with van der Waals surface area (Å²) in [5.41, 5.74) is 0.897. The highest BCUT2D eigenvalue weighted by molar-refractivity contribution is 6.74. The molecule has 0 unspecified atom stereocenters. The van der Waals surface area contributed by atoms with E-state index in [4.69, 9.17) is 5.80 Å². The molecule has 1 aromatic heterocycles. The SMILES string of the molecule is [2H]c1ccc(C#CCCCCCCCO[Si](C)(C)C(C)(C)C)cn1. The van der Waals surface area contributed by atoms with Gasteiger partial charge in [-0.25, -0.2) is 0 Å². The molecule has 1 aromatic rings. The molecule has 128 valence electrons. The van der Waals surface area contributed by atoms with Crippen LogP contribution in [0.15, 0.2) is 24.5 Å². The molecule has 0 amide bonds. The first-order chi connectivity index (χ1) is 11.2. The summed E-state index contributed by atoms with van der Waals surface area (Å²) in [6, 6.07) is 3.53. The zero-order chi connectivity index (χ0) is 18.1.